The van der Waals surface area contributed by atoms with Crippen molar-refractivity contribution < 1.29 is 26.4 Å². The summed E-state index contributed by atoms with van der Waals surface area (Å²) in [5.41, 5.74) is 8.53. The first-order valence-corrected chi connectivity index (χ1v) is 14.4. The van der Waals surface area contributed by atoms with Crippen molar-refractivity contribution in [3.8, 4) is 0 Å². The molecule has 6 nitrogen and oxygen atoms in total. The molecule has 10 heteroatoms. The zero-order valence-electron chi connectivity index (χ0n) is 21.4. The number of carbonyl (C=O) groups excluding carboxylic acids is 1. The number of sulfonamides is 1. The van der Waals surface area contributed by atoms with Gasteiger partial charge in [-0.15, -0.1) is 0 Å². The number of amides is 1. The lowest BCUT2D eigenvalue weighted by Gasteiger charge is -2.28. The molecule has 3 aromatic rings. The molecule has 0 aromatic heterocycles. The molecule has 2 unspecified atom stereocenters. The number of hydrogen-bond acceptors (Lipinski definition) is 4. The molecule has 0 spiro atoms. The first-order chi connectivity index (χ1) is 18.6. The third-order valence-electron chi connectivity index (χ3n) is 6.89. The Morgan fingerprint density at radius 1 is 1.03 bits per heavy atom. The molecule has 0 bridgehead atoms. The summed E-state index contributed by atoms with van der Waals surface area (Å²) >= 11 is 0. The van der Waals surface area contributed by atoms with Crippen LogP contribution < -0.4 is 15.8 Å². The molecule has 0 aliphatic heterocycles. The highest BCUT2D eigenvalue weighted by molar-refractivity contribution is 7.89. The van der Waals surface area contributed by atoms with Crippen molar-refractivity contribution in [3.63, 3.8) is 0 Å². The van der Waals surface area contributed by atoms with Crippen LogP contribution in [0.25, 0.3) is 0 Å². The second kappa shape index (κ2) is 12.3. The van der Waals surface area contributed by atoms with E-state index in [9.17, 15) is 26.4 Å². The Kier molecular flexibility index (Phi) is 9.09. The zero-order chi connectivity index (χ0) is 28.0. The second-order valence-corrected chi connectivity index (χ2v) is 11.5. The van der Waals surface area contributed by atoms with Crippen LogP contribution in [0.2, 0.25) is 0 Å². The molecule has 4 N–H and O–H groups in total. The van der Waals surface area contributed by atoms with E-state index in [1.54, 1.807) is 30.3 Å². The summed E-state index contributed by atoms with van der Waals surface area (Å²) in [6, 6.07) is 17.1. The molecule has 0 saturated heterocycles. The normalized spacial score (nSPS) is 16.4. The van der Waals surface area contributed by atoms with Gasteiger partial charge in [0, 0.05) is 6.42 Å². The molecule has 0 heterocycles. The van der Waals surface area contributed by atoms with Crippen molar-refractivity contribution in [2.75, 3.05) is 6.54 Å². The molecule has 2 atom stereocenters. The van der Waals surface area contributed by atoms with Crippen molar-refractivity contribution >= 4 is 15.9 Å². The number of aryl methyl sites for hydroxylation is 2. The topological polar surface area (TPSA) is 101 Å². The number of halogens is 3. The summed E-state index contributed by atoms with van der Waals surface area (Å²) in [4.78, 5) is 12.7. The summed E-state index contributed by atoms with van der Waals surface area (Å²) in [6.07, 6.45) is -0.535. The van der Waals surface area contributed by atoms with Crippen molar-refractivity contribution in [1.29, 1.82) is 0 Å². The Balaban J connectivity index is 1.52. The first-order valence-electron chi connectivity index (χ1n) is 12.9. The predicted molar refractivity (Wildman–Crippen MR) is 143 cm³/mol. The molecule has 39 heavy (non-hydrogen) atoms. The third kappa shape index (κ3) is 7.46. The largest absolute Gasteiger partial charge is 0.416 e. The third-order valence-corrected chi connectivity index (χ3v) is 8.36. The van der Waals surface area contributed by atoms with E-state index in [4.69, 9.17) is 5.73 Å². The van der Waals surface area contributed by atoms with Crippen LogP contribution in [0.5, 0.6) is 0 Å². The zero-order valence-corrected chi connectivity index (χ0v) is 22.2. The first kappa shape index (κ1) is 28.8. The van der Waals surface area contributed by atoms with Crippen LogP contribution in [0.15, 0.2) is 77.7 Å². The summed E-state index contributed by atoms with van der Waals surface area (Å²) in [6.45, 7) is 0.621. The Hall–Kier alpha value is -3.21. The van der Waals surface area contributed by atoms with Crippen LogP contribution in [0, 0.1) is 0 Å². The van der Waals surface area contributed by atoms with Crippen molar-refractivity contribution in [3.05, 3.63) is 101 Å². The van der Waals surface area contributed by atoms with E-state index in [2.05, 4.69) is 22.2 Å². The minimum Gasteiger partial charge on any atom is -0.349 e. The summed E-state index contributed by atoms with van der Waals surface area (Å²) in [7, 11) is -4.37. The maximum Gasteiger partial charge on any atom is 0.416 e. The minimum atomic E-state index is -4.69. The van der Waals surface area contributed by atoms with Gasteiger partial charge in [-0.05, 0) is 79.1 Å². The van der Waals surface area contributed by atoms with E-state index in [0.29, 0.717) is 18.2 Å². The molecule has 1 aliphatic rings. The standard InChI is InChI=1S/C29H32F3N3O3S/c30-29(31,32)23-11-5-12-24(18-23)39(37,38)35-27(21-8-2-1-3-9-21)19-28(36)34-26-13-4-10-22-17-20(7-6-16-33)14-15-25(22)26/h1-3,5,8-9,11-12,14-15,17-18,26-27,35H,4,6-7,10,13,16,19,33H2,(H,34,36). The molecule has 3 aromatic carbocycles. The van der Waals surface area contributed by atoms with Crippen LogP contribution >= 0.6 is 0 Å². The van der Waals surface area contributed by atoms with Gasteiger partial charge in [-0.1, -0.05) is 54.6 Å². The van der Waals surface area contributed by atoms with Crippen molar-refractivity contribution in [1.82, 2.24) is 10.0 Å². The lowest BCUT2D eigenvalue weighted by Crippen LogP contribution is -2.36. The molecule has 4 rings (SSSR count). The van der Waals surface area contributed by atoms with Gasteiger partial charge in [-0.25, -0.2) is 13.1 Å². The molecule has 1 amide bonds. The summed E-state index contributed by atoms with van der Waals surface area (Å²) in [5, 5.41) is 3.05. The number of fused-ring (bicyclic) bond motifs is 1. The van der Waals surface area contributed by atoms with E-state index >= 15 is 0 Å². The maximum absolute atomic E-state index is 13.2. The lowest BCUT2D eigenvalue weighted by molar-refractivity contribution is -0.137. The van der Waals surface area contributed by atoms with Gasteiger partial charge in [0.25, 0.3) is 0 Å². The van der Waals surface area contributed by atoms with E-state index in [1.165, 1.54) is 11.1 Å². The average molecular weight is 560 g/mol. The van der Waals surface area contributed by atoms with Gasteiger partial charge < -0.3 is 11.1 Å². The molecular formula is C29H32F3N3O3S. The van der Waals surface area contributed by atoms with Gasteiger partial charge >= 0.3 is 6.18 Å². The van der Waals surface area contributed by atoms with Gasteiger partial charge in [-0.3, -0.25) is 4.79 Å². The molecular weight excluding hydrogens is 527 g/mol. The Bertz CT molecular complexity index is 1400. The van der Waals surface area contributed by atoms with Crippen LogP contribution in [0.1, 0.15) is 65.6 Å². The molecule has 1 aliphatic carbocycles. The number of rotatable bonds is 10. The van der Waals surface area contributed by atoms with Gasteiger partial charge in [0.2, 0.25) is 15.9 Å². The van der Waals surface area contributed by atoms with E-state index in [-0.39, 0.29) is 18.4 Å². The highest BCUT2D eigenvalue weighted by Gasteiger charge is 2.32. The SMILES string of the molecule is NCCCc1ccc2c(c1)CCCC2NC(=O)CC(NS(=O)(=O)c1cccc(C(F)(F)F)c1)c1ccccc1. The monoisotopic (exact) mass is 559 g/mol. The second-order valence-electron chi connectivity index (χ2n) is 9.75. The number of hydrogen-bond donors (Lipinski definition) is 3. The predicted octanol–water partition coefficient (Wildman–Crippen LogP) is 5.20. The average Bonchev–Trinajstić information content (AvgIpc) is 2.91. The van der Waals surface area contributed by atoms with Crippen molar-refractivity contribution in [2.24, 2.45) is 5.73 Å². The van der Waals surface area contributed by atoms with Crippen LogP contribution in [-0.2, 0) is 33.8 Å². The van der Waals surface area contributed by atoms with Crippen LogP contribution in [0.3, 0.4) is 0 Å². The molecule has 208 valence electrons. The Morgan fingerprint density at radius 3 is 2.51 bits per heavy atom. The number of alkyl halides is 3. The van der Waals surface area contributed by atoms with E-state index < -0.39 is 32.7 Å². The number of benzene rings is 3. The fourth-order valence-electron chi connectivity index (χ4n) is 4.93. The Labute approximate surface area is 226 Å². The highest BCUT2D eigenvalue weighted by Crippen LogP contribution is 2.32. The van der Waals surface area contributed by atoms with Crippen LogP contribution in [-0.4, -0.2) is 20.9 Å². The quantitative estimate of drug-likeness (QED) is 0.318. The minimum absolute atomic E-state index is 0.207. The van der Waals surface area contributed by atoms with Gasteiger partial charge in [0.15, 0.2) is 0 Å². The van der Waals surface area contributed by atoms with Crippen LogP contribution in [0.4, 0.5) is 13.2 Å². The van der Waals surface area contributed by atoms with E-state index in [0.717, 1.165) is 55.9 Å². The smallest absolute Gasteiger partial charge is 0.349 e. The molecule has 0 fully saturated rings. The van der Waals surface area contributed by atoms with Crippen molar-refractivity contribution in [2.45, 2.75) is 61.7 Å². The van der Waals surface area contributed by atoms with Gasteiger partial charge in [0.05, 0.1) is 22.5 Å². The fraction of sp³-hybridized carbons (Fsp3) is 0.345. The lowest BCUT2D eigenvalue weighted by atomic mass is 9.86. The fourth-order valence-corrected chi connectivity index (χ4v) is 6.20. The number of nitrogens with one attached hydrogen (secondary N) is 2. The molecule has 0 radical (unpaired) electrons. The molecule has 0 saturated carbocycles. The van der Waals surface area contributed by atoms with Gasteiger partial charge in [0.1, 0.15) is 0 Å². The van der Waals surface area contributed by atoms with Gasteiger partial charge in [-0.2, -0.15) is 13.2 Å². The number of carbonyl (C=O) groups is 1. The summed E-state index contributed by atoms with van der Waals surface area (Å²) in [5.74, 6) is -0.361. The summed E-state index contributed by atoms with van der Waals surface area (Å²) < 4.78 is 68.3. The maximum atomic E-state index is 13.2. The Morgan fingerprint density at radius 2 is 1.79 bits per heavy atom. The number of nitrogens with two attached hydrogens (primary N) is 1. The van der Waals surface area contributed by atoms with E-state index in [1.807, 2.05) is 6.07 Å². The highest BCUT2D eigenvalue weighted by atomic mass is 32.2.